The van der Waals surface area contributed by atoms with Crippen LogP contribution in [-0.4, -0.2) is 35.0 Å². The summed E-state index contributed by atoms with van der Waals surface area (Å²) in [4.78, 5) is 25.0. The molecule has 0 heterocycles. The van der Waals surface area contributed by atoms with Gasteiger partial charge >= 0.3 is 5.97 Å². The van der Waals surface area contributed by atoms with Crippen LogP contribution in [0.1, 0.15) is 38.3 Å². The van der Waals surface area contributed by atoms with Gasteiger partial charge in [-0.2, -0.15) is 0 Å². The van der Waals surface area contributed by atoms with Crippen molar-refractivity contribution in [2.45, 2.75) is 39.5 Å². The molecule has 0 atom stereocenters. The molecule has 0 saturated carbocycles. The van der Waals surface area contributed by atoms with E-state index in [-0.39, 0.29) is 12.5 Å². The first-order valence-corrected chi connectivity index (χ1v) is 6.87. The monoisotopic (exact) mass is 277 g/mol. The van der Waals surface area contributed by atoms with E-state index in [2.05, 4.69) is 0 Å². The van der Waals surface area contributed by atoms with Gasteiger partial charge in [-0.25, -0.2) is 0 Å². The summed E-state index contributed by atoms with van der Waals surface area (Å²) in [7, 11) is 0. The number of carbonyl (C=O) groups is 2. The van der Waals surface area contributed by atoms with E-state index in [1.54, 1.807) is 0 Å². The van der Waals surface area contributed by atoms with Gasteiger partial charge in [-0.3, -0.25) is 9.59 Å². The van der Waals surface area contributed by atoms with Crippen LogP contribution < -0.4 is 0 Å². The van der Waals surface area contributed by atoms with Crippen molar-refractivity contribution in [1.82, 2.24) is 4.90 Å². The maximum absolute atomic E-state index is 12.6. The molecule has 1 aromatic carbocycles. The molecule has 0 aliphatic rings. The highest BCUT2D eigenvalue weighted by molar-refractivity contribution is 5.89. The van der Waals surface area contributed by atoms with Crippen molar-refractivity contribution in [2.75, 3.05) is 13.1 Å². The van der Waals surface area contributed by atoms with E-state index < -0.39 is 11.4 Å². The molecule has 0 aliphatic carbocycles. The van der Waals surface area contributed by atoms with Crippen molar-refractivity contribution in [3.63, 3.8) is 0 Å². The molecule has 4 heteroatoms. The van der Waals surface area contributed by atoms with Gasteiger partial charge < -0.3 is 10.0 Å². The second kappa shape index (κ2) is 6.55. The second-order valence-electron chi connectivity index (χ2n) is 5.61. The number of rotatable bonds is 6. The zero-order valence-electron chi connectivity index (χ0n) is 12.6. The van der Waals surface area contributed by atoms with E-state index in [1.807, 2.05) is 52.0 Å². The molecule has 1 amide bonds. The van der Waals surface area contributed by atoms with Crippen molar-refractivity contribution < 1.29 is 14.7 Å². The zero-order valence-corrected chi connectivity index (χ0v) is 12.6. The van der Waals surface area contributed by atoms with E-state index in [0.717, 1.165) is 17.5 Å². The molecule has 0 saturated heterocycles. The first-order chi connectivity index (χ1) is 9.28. The minimum Gasteiger partial charge on any atom is -0.480 e. The van der Waals surface area contributed by atoms with Crippen LogP contribution in [0.2, 0.25) is 0 Å². The Morgan fingerprint density at radius 2 is 1.75 bits per heavy atom. The number of aryl methyl sites for hydroxylation is 1. The van der Waals surface area contributed by atoms with Crippen molar-refractivity contribution >= 4 is 11.9 Å². The number of aliphatic carboxylic acids is 1. The summed E-state index contributed by atoms with van der Waals surface area (Å²) in [5, 5.41) is 8.94. The van der Waals surface area contributed by atoms with E-state index >= 15 is 0 Å². The Balaban J connectivity index is 3.01. The van der Waals surface area contributed by atoms with Crippen molar-refractivity contribution in [2.24, 2.45) is 0 Å². The van der Waals surface area contributed by atoms with Gasteiger partial charge in [0.15, 0.2) is 0 Å². The average Bonchev–Trinajstić information content (AvgIpc) is 2.37. The topological polar surface area (TPSA) is 57.6 Å². The van der Waals surface area contributed by atoms with Crippen LogP contribution in [0.15, 0.2) is 24.3 Å². The summed E-state index contributed by atoms with van der Waals surface area (Å²) in [6, 6.07) is 7.79. The Kier molecular flexibility index (Phi) is 5.31. The van der Waals surface area contributed by atoms with Crippen molar-refractivity contribution in [3.8, 4) is 0 Å². The van der Waals surface area contributed by atoms with E-state index in [1.165, 1.54) is 4.90 Å². The smallest absolute Gasteiger partial charge is 0.323 e. The van der Waals surface area contributed by atoms with Gasteiger partial charge in [0.05, 0.1) is 5.41 Å². The van der Waals surface area contributed by atoms with Crippen LogP contribution in [0.5, 0.6) is 0 Å². The lowest BCUT2D eigenvalue weighted by Crippen LogP contribution is -2.46. The Morgan fingerprint density at radius 3 is 2.20 bits per heavy atom. The van der Waals surface area contributed by atoms with Crippen LogP contribution in [-0.2, 0) is 15.0 Å². The minimum absolute atomic E-state index is 0.148. The summed E-state index contributed by atoms with van der Waals surface area (Å²) in [5.41, 5.74) is 1.31. The number of amides is 1. The highest BCUT2D eigenvalue weighted by Crippen LogP contribution is 2.26. The van der Waals surface area contributed by atoms with Crippen LogP contribution in [0, 0.1) is 6.92 Å². The predicted octanol–water partition coefficient (Wildman–Crippen LogP) is 2.60. The average molecular weight is 277 g/mol. The molecule has 0 fully saturated rings. The lowest BCUT2D eigenvalue weighted by atomic mass is 9.82. The summed E-state index contributed by atoms with van der Waals surface area (Å²) >= 11 is 0. The summed E-state index contributed by atoms with van der Waals surface area (Å²) in [6.07, 6.45) is 0.739. The van der Waals surface area contributed by atoms with Crippen LogP contribution >= 0.6 is 0 Å². The summed E-state index contributed by atoms with van der Waals surface area (Å²) < 4.78 is 0. The quantitative estimate of drug-likeness (QED) is 0.869. The number of nitrogens with zero attached hydrogens (tertiary/aromatic N) is 1. The SMILES string of the molecule is CCCN(CC(=O)O)C(=O)C(C)(C)c1ccc(C)cc1. The fraction of sp³-hybridized carbons (Fsp3) is 0.500. The second-order valence-corrected chi connectivity index (χ2v) is 5.61. The minimum atomic E-state index is -0.980. The lowest BCUT2D eigenvalue weighted by Gasteiger charge is -2.31. The van der Waals surface area contributed by atoms with Gasteiger partial charge in [0.25, 0.3) is 0 Å². The van der Waals surface area contributed by atoms with E-state index in [0.29, 0.717) is 6.54 Å². The molecule has 0 bridgehead atoms. The number of carboxylic acids is 1. The van der Waals surface area contributed by atoms with E-state index in [9.17, 15) is 9.59 Å². The number of carboxylic acid groups (broad SMARTS) is 1. The number of benzene rings is 1. The molecule has 0 unspecified atom stereocenters. The fourth-order valence-corrected chi connectivity index (χ4v) is 2.17. The highest BCUT2D eigenvalue weighted by atomic mass is 16.4. The maximum atomic E-state index is 12.6. The van der Waals surface area contributed by atoms with Gasteiger partial charge in [0, 0.05) is 6.54 Å². The van der Waals surface area contributed by atoms with Crippen LogP contribution in [0.4, 0.5) is 0 Å². The molecule has 20 heavy (non-hydrogen) atoms. The highest BCUT2D eigenvalue weighted by Gasteiger charge is 2.34. The van der Waals surface area contributed by atoms with Gasteiger partial charge in [-0.1, -0.05) is 36.8 Å². The van der Waals surface area contributed by atoms with Crippen molar-refractivity contribution in [1.29, 1.82) is 0 Å². The third kappa shape index (κ3) is 3.83. The molecule has 1 N–H and O–H groups in total. The first kappa shape index (κ1) is 16.2. The zero-order chi connectivity index (χ0) is 15.3. The predicted molar refractivity (Wildman–Crippen MR) is 78.7 cm³/mol. The first-order valence-electron chi connectivity index (χ1n) is 6.87. The number of carbonyl (C=O) groups excluding carboxylic acids is 1. The largest absolute Gasteiger partial charge is 0.480 e. The standard InChI is InChI=1S/C16H23NO3/c1-5-10-17(11-14(18)19)15(20)16(3,4)13-8-6-12(2)7-9-13/h6-9H,5,10-11H2,1-4H3,(H,18,19). The molecule has 0 radical (unpaired) electrons. The molecule has 110 valence electrons. The maximum Gasteiger partial charge on any atom is 0.323 e. The third-order valence-electron chi connectivity index (χ3n) is 3.41. The molecule has 0 spiro atoms. The Bertz CT molecular complexity index is 477. The van der Waals surface area contributed by atoms with Crippen LogP contribution in [0.3, 0.4) is 0 Å². The Labute approximate surface area is 120 Å². The van der Waals surface area contributed by atoms with Crippen molar-refractivity contribution in [3.05, 3.63) is 35.4 Å². The van der Waals surface area contributed by atoms with Gasteiger partial charge in [-0.15, -0.1) is 0 Å². The molecular formula is C16H23NO3. The molecular weight excluding hydrogens is 254 g/mol. The Hall–Kier alpha value is -1.84. The third-order valence-corrected chi connectivity index (χ3v) is 3.41. The Morgan fingerprint density at radius 1 is 1.20 bits per heavy atom. The molecule has 0 aliphatic heterocycles. The summed E-state index contributed by atoms with van der Waals surface area (Å²) in [6.45, 7) is 7.81. The molecule has 1 aromatic rings. The van der Waals surface area contributed by atoms with Gasteiger partial charge in [0.2, 0.25) is 5.91 Å². The molecule has 0 aromatic heterocycles. The number of hydrogen-bond donors (Lipinski definition) is 1. The van der Waals surface area contributed by atoms with Crippen LogP contribution in [0.25, 0.3) is 0 Å². The molecule has 1 rings (SSSR count). The molecule has 4 nitrogen and oxygen atoms in total. The van der Waals surface area contributed by atoms with Gasteiger partial charge in [-0.05, 0) is 32.8 Å². The van der Waals surface area contributed by atoms with E-state index in [4.69, 9.17) is 5.11 Å². The van der Waals surface area contributed by atoms with Gasteiger partial charge in [0.1, 0.15) is 6.54 Å². The normalized spacial score (nSPS) is 11.2. The summed E-state index contributed by atoms with van der Waals surface area (Å²) in [5.74, 6) is -1.13. The lowest BCUT2D eigenvalue weighted by molar-refractivity contribution is -0.146. The fourth-order valence-electron chi connectivity index (χ4n) is 2.17. The number of hydrogen-bond acceptors (Lipinski definition) is 2.